The lowest BCUT2D eigenvalue weighted by atomic mass is 9.94. The minimum absolute atomic E-state index is 0.159. The van der Waals surface area contributed by atoms with Crippen LogP contribution in [0.5, 0.6) is 0 Å². The smallest absolute Gasteiger partial charge is 0.408 e. The van der Waals surface area contributed by atoms with Crippen LogP contribution in [0.2, 0.25) is 0 Å². The second kappa shape index (κ2) is 11.8. The van der Waals surface area contributed by atoms with Gasteiger partial charge in [-0.1, -0.05) is 18.2 Å². The van der Waals surface area contributed by atoms with E-state index in [1.54, 1.807) is 55.7 Å². The highest BCUT2D eigenvalue weighted by atomic mass is 16.5. The van der Waals surface area contributed by atoms with E-state index in [1.165, 1.54) is 4.90 Å². The number of nitrogens with zero attached hydrogens (tertiary/aromatic N) is 5. The average Bonchev–Trinajstić information content (AvgIpc) is 3.87. The van der Waals surface area contributed by atoms with Crippen LogP contribution in [0.15, 0.2) is 48.7 Å². The number of ether oxygens (including phenoxy) is 1. The van der Waals surface area contributed by atoms with Crippen molar-refractivity contribution in [3.63, 3.8) is 0 Å². The molecule has 0 unspecified atom stereocenters. The molecule has 3 amide bonds. The second-order valence-corrected chi connectivity index (χ2v) is 13.3. The zero-order valence-electron chi connectivity index (χ0n) is 26.2. The summed E-state index contributed by atoms with van der Waals surface area (Å²) >= 11 is 0. The van der Waals surface area contributed by atoms with Gasteiger partial charge in [-0.05, 0) is 94.7 Å². The van der Waals surface area contributed by atoms with Gasteiger partial charge in [0.2, 0.25) is 5.91 Å². The molecule has 1 aromatic heterocycles. The molecule has 234 valence electrons. The van der Waals surface area contributed by atoms with E-state index in [0.717, 1.165) is 34.9 Å². The number of nitriles is 1. The summed E-state index contributed by atoms with van der Waals surface area (Å²) in [5.74, 6) is -0.642. The van der Waals surface area contributed by atoms with Gasteiger partial charge < -0.3 is 19.6 Å². The third-order valence-corrected chi connectivity index (χ3v) is 9.31. The van der Waals surface area contributed by atoms with Crippen molar-refractivity contribution in [2.45, 2.75) is 83.5 Å². The normalized spacial score (nSPS) is 20.8. The SMILES string of the molecule is C[C@H]1[C@H](N(C(=O)O)C(C)(C)C)C(=O)N(Cc2c(C3CC3)cnc3ccccc23)c2ccc(C#N)cc2N1C(=O)C1CCOCC1. The lowest BCUT2D eigenvalue weighted by Gasteiger charge is -2.44. The number of rotatable bonds is 5. The number of carboxylic acid groups (broad SMARTS) is 1. The van der Waals surface area contributed by atoms with Gasteiger partial charge in [0.05, 0.1) is 41.1 Å². The van der Waals surface area contributed by atoms with Crippen molar-refractivity contribution in [2.75, 3.05) is 23.0 Å². The summed E-state index contributed by atoms with van der Waals surface area (Å²) in [5, 5.41) is 21.4. The fourth-order valence-corrected chi connectivity index (χ4v) is 6.93. The van der Waals surface area contributed by atoms with Gasteiger partial charge in [-0.2, -0.15) is 5.26 Å². The zero-order chi connectivity index (χ0) is 32.0. The molecule has 0 spiro atoms. The summed E-state index contributed by atoms with van der Waals surface area (Å²) in [6, 6.07) is 12.9. The van der Waals surface area contributed by atoms with Gasteiger partial charge in [0.1, 0.15) is 6.04 Å². The first kappa shape index (κ1) is 30.5. The molecule has 2 fully saturated rings. The van der Waals surface area contributed by atoms with Crippen LogP contribution in [-0.4, -0.2) is 63.7 Å². The van der Waals surface area contributed by atoms with E-state index in [2.05, 4.69) is 6.07 Å². The van der Waals surface area contributed by atoms with E-state index in [9.17, 15) is 20.0 Å². The molecule has 0 bridgehead atoms. The Morgan fingerprint density at radius 1 is 1.09 bits per heavy atom. The fourth-order valence-electron chi connectivity index (χ4n) is 6.93. The van der Waals surface area contributed by atoms with E-state index in [1.807, 2.05) is 30.5 Å². The van der Waals surface area contributed by atoms with E-state index < -0.39 is 29.6 Å². The maximum absolute atomic E-state index is 15.0. The molecule has 45 heavy (non-hydrogen) atoms. The van der Waals surface area contributed by atoms with Crippen LogP contribution in [0.3, 0.4) is 0 Å². The van der Waals surface area contributed by atoms with Crippen molar-refractivity contribution in [3.8, 4) is 6.07 Å². The second-order valence-electron chi connectivity index (χ2n) is 13.3. The number of carbonyl (C=O) groups is 3. The van der Waals surface area contributed by atoms with E-state index in [-0.39, 0.29) is 18.4 Å². The summed E-state index contributed by atoms with van der Waals surface area (Å²) in [6.45, 7) is 8.05. The predicted octanol–water partition coefficient (Wildman–Crippen LogP) is 5.83. The molecule has 3 aliphatic rings. The highest BCUT2D eigenvalue weighted by molar-refractivity contribution is 6.09. The predicted molar refractivity (Wildman–Crippen MR) is 170 cm³/mol. The van der Waals surface area contributed by atoms with E-state index in [0.29, 0.717) is 48.9 Å². The molecule has 2 aliphatic heterocycles. The minimum Gasteiger partial charge on any atom is -0.465 e. The fraction of sp³-hybridized carbons (Fsp3) is 0.457. The monoisotopic (exact) mass is 609 g/mol. The van der Waals surface area contributed by atoms with Gasteiger partial charge in [-0.25, -0.2) is 4.79 Å². The number of amides is 3. The molecule has 6 rings (SSSR count). The van der Waals surface area contributed by atoms with Crippen molar-refractivity contribution < 1.29 is 24.2 Å². The molecule has 3 heterocycles. The number of aromatic nitrogens is 1. The summed E-state index contributed by atoms with van der Waals surface area (Å²) < 4.78 is 5.53. The number of para-hydroxylation sites is 1. The van der Waals surface area contributed by atoms with Gasteiger partial charge in [0.15, 0.2) is 0 Å². The minimum atomic E-state index is -1.25. The molecule has 1 saturated heterocycles. The summed E-state index contributed by atoms with van der Waals surface area (Å²) in [4.78, 5) is 51.6. The van der Waals surface area contributed by atoms with Crippen LogP contribution in [0.4, 0.5) is 16.2 Å². The number of benzene rings is 2. The number of pyridine rings is 1. The third-order valence-electron chi connectivity index (χ3n) is 9.31. The van der Waals surface area contributed by atoms with E-state index >= 15 is 4.79 Å². The Hall–Kier alpha value is -4.49. The van der Waals surface area contributed by atoms with Crippen molar-refractivity contribution >= 4 is 40.2 Å². The van der Waals surface area contributed by atoms with Crippen molar-refractivity contribution in [2.24, 2.45) is 5.92 Å². The van der Waals surface area contributed by atoms with Crippen LogP contribution in [0.25, 0.3) is 10.9 Å². The van der Waals surface area contributed by atoms with Crippen molar-refractivity contribution in [3.05, 3.63) is 65.4 Å². The molecular weight excluding hydrogens is 570 g/mol. The van der Waals surface area contributed by atoms with Crippen LogP contribution >= 0.6 is 0 Å². The molecule has 10 nitrogen and oxygen atoms in total. The molecule has 1 saturated carbocycles. The molecule has 1 N–H and O–H groups in total. The van der Waals surface area contributed by atoms with Crippen LogP contribution in [0.1, 0.15) is 76.0 Å². The van der Waals surface area contributed by atoms with Gasteiger partial charge >= 0.3 is 6.09 Å². The molecule has 1 aliphatic carbocycles. The third kappa shape index (κ3) is 5.61. The number of fused-ring (bicyclic) bond motifs is 2. The molecule has 10 heteroatoms. The quantitative estimate of drug-likeness (QED) is 0.386. The summed E-state index contributed by atoms with van der Waals surface area (Å²) in [6.07, 6.45) is 3.76. The number of carbonyl (C=O) groups excluding carboxylic acids is 2. The Labute approximate surface area is 263 Å². The topological polar surface area (TPSA) is 127 Å². The number of hydrogen-bond donors (Lipinski definition) is 1. The highest BCUT2D eigenvalue weighted by Crippen LogP contribution is 2.45. The first-order valence-electron chi connectivity index (χ1n) is 15.7. The van der Waals surface area contributed by atoms with Crippen LogP contribution < -0.4 is 9.80 Å². The van der Waals surface area contributed by atoms with Crippen LogP contribution in [-0.2, 0) is 20.9 Å². The zero-order valence-corrected chi connectivity index (χ0v) is 26.2. The standard InChI is InChI=1S/C35H39N5O5/c1-21-31(40(34(43)44)35(2,3)4)33(42)38(20-27-25-7-5-6-8-28(25)37-19-26(27)23-10-11-23)29-12-9-22(18-36)17-30(29)39(21)32(41)24-13-15-45-16-14-24/h5-9,12,17,19,21,23-24,31H,10-11,13-16,20H2,1-4H3,(H,43,44)/t21-,31-/m0/s1. The average molecular weight is 610 g/mol. The molecule has 2 atom stereocenters. The largest absolute Gasteiger partial charge is 0.465 e. The molecule has 2 aromatic carbocycles. The Morgan fingerprint density at radius 3 is 2.44 bits per heavy atom. The Balaban J connectivity index is 1.59. The Morgan fingerprint density at radius 2 is 1.80 bits per heavy atom. The van der Waals surface area contributed by atoms with E-state index in [4.69, 9.17) is 9.72 Å². The summed E-state index contributed by atoms with van der Waals surface area (Å²) in [5.41, 5.74) is 3.12. The Bertz CT molecular complexity index is 1700. The number of hydrogen-bond acceptors (Lipinski definition) is 6. The maximum Gasteiger partial charge on any atom is 0.408 e. The van der Waals surface area contributed by atoms with Gasteiger partial charge in [-0.15, -0.1) is 0 Å². The van der Waals surface area contributed by atoms with Gasteiger partial charge in [0.25, 0.3) is 5.91 Å². The molecular formula is C35H39N5O5. The van der Waals surface area contributed by atoms with Crippen molar-refractivity contribution in [1.82, 2.24) is 9.88 Å². The van der Waals surface area contributed by atoms with Crippen LogP contribution in [0, 0.1) is 17.2 Å². The first-order valence-corrected chi connectivity index (χ1v) is 15.7. The molecule has 0 radical (unpaired) electrons. The van der Waals surface area contributed by atoms with Crippen molar-refractivity contribution in [1.29, 1.82) is 5.26 Å². The van der Waals surface area contributed by atoms with Gasteiger partial charge in [-0.3, -0.25) is 19.5 Å². The Kier molecular flexibility index (Phi) is 8.00. The molecule has 3 aromatic rings. The lowest BCUT2D eigenvalue weighted by molar-refractivity contribution is -0.128. The first-order chi connectivity index (χ1) is 21.5. The maximum atomic E-state index is 15.0. The highest BCUT2D eigenvalue weighted by Gasteiger charge is 2.49. The van der Waals surface area contributed by atoms with Gasteiger partial charge in [0, 0.05) is 36.3 Å². The number of anilines is 2. The summed E-state index contributed by atoms with van der Waals surface area (Å²) in [7, 11) is 0. The lowest BCUT2D eigenvalue weighted by Crippen LogP contribution is -2.64.